The maximum Gasteiger partial charge on any atom is 0.191 e. The third-order valence-electron chi connectivity index (χ3n) is 4.31. The van der Waals surface area contributed by atoms with E-state index in [4.69, 9.17) is 0 Å². The minimum Gasteiger partial charge on any atom is -0.357 e. The second kappa shape index (κ2) is 9.75. The van der Waals surface area contributed by atoms with E-state index in [1.165, 1.54) is 19.1 Å². The van der Waals surface area contributed by atoms with Crippen LogP contribution >= 0.6 is 0 Å². The van der Waals surface area contributed by atoms with E-state index >= 15 is 0 Å². The minimum atomic E-state index is -2.95. The summed E-state index contributed by atoms with van der Waals surface area (Å²) >= 11 is 0. The summed E-state index contributed by atoms with van der Waals surface area (Å²) in [6, 6.07) is 4.16. The van der Waals surface area contributed by atoms with Crippen molar-refractivity contribution in [2.75, 3.05) is 36.5 Å². The first kappa shape index (κ1) is 20.5. The van der Waals surface area contributed by atoms with Crippen molar-refractivity contribution in [3.63, 3.8) is 0 Å². The monoisotopic (exact) mass is 381 g/mol. The summed E-state index contributed by atoms with van der Waals surface area (Å²) < 4.78 is 22.6. The van der Waals surface area contributed by atoms with Crippen molar-refractivity contribution >= 4 is 21.6 Å². The molecule has 0 spiro atoms. The lowest BCUT2D eigenvalue weighted by molar-refractivity contribution is 0.581. The molecule has 1 unspecified atom stereocenters. The van der Waals surface area contributed by atoms with Crippen LogP contribution in [0.4, 0.5) is 5.82 Å². The van der Waals surface area contributed by atoms with Crippen LogP contribution in [0.25, 0.3) is 0 Å². The number of guanidine groups is 1. The number of nitrogens with zero attached hydrogens (tertiary/aromatic N) is 3. The van der Waals surface area contributed by atoms with Gasteiger partial charge in [-0.3, -0.25) is 0 Å². The largest absolute Gasteiger partial charge is 0.357 e. The third-order valence-corrected chi connectivity index (χ3v) is 5.29. The summed E-state index contributed by atoms with van der Waals surface area (Å²) in [5.41, 5.74) is 1.05. The van der Waals surface area contributed by atoms with Gasteiger partial charge in [0.2, 0.25) is 0 Å². The number of rotatable bonds is 8. The molecule has 8 heteroatoms. The van der Waals surface area contributed by atoms with Gasteiger partial charge in [-0.15, -0.1) is 0 Å². The Morgan fingerprint density at radius 3 is 2.65 bits per heavy atom. The van der Waals surface area contributed by atoms with Gasteiger partial charge in [0.05, 0.1) is 12.3 Å². The van der Waals surface area contributed by atoms with E-state index in [0.29, 0.717) is 18.9 Å². The maximum atomic E-state index is 11.3. The molecule has 2 N–H and O–H groups in total. The Morgan fingerprint density at radius 1 is 1.35 bits per heavy atom. The molecule has 2 heterocycles. The Bertz CT molecular complexity index is 682. The lowest BCUT2D eigenvalue weighted by Crippen LogP contribution is -2.42. The molecule has 0 saturated carbocycles. The normalized spacial score (nSPS) is 16.6. The molecule has 2 rings (SSSR count). The van der Waals surface area contributed by atoms with Gasteiger partial charge < -0.3 is 15.5 Å². The third kappa shape index (κ3) is 7.19. The fourth-order valence-electron chi connectivity index (χ4n) is 2.83. The first-order valence-corrected chi connectivity index (χ1v) is 11.4. The Balaban J connectivity index is 1.90. The molecule has 1 aromatic rings. The van der Waals surface area contributed by atoms with Crippen LogP contribution in [0.5, 0.6) is 0 Å². The highest BCUT2D eigenvalue weighted by Gasteiger charge is 2.13. The Morgan fingerprint density at radius 2 is 2.08 bits per heavy atom. The highest BCUT2D eigenvalue weighted by molar-refractivity contribution is 7.90. The predicted octanol–water partition coefficient (Wildman–Crippen LogP) is 1.56. The topological polar surface area (TPSA) is 86.7 Å². The number of pyridine rings is 1. The lowest BCUT2D eigenvalue weighted by Gasteiger charge is -2.18. The van der Waals surface area contributed by atoms with Crippen molar-refractivity contribution in [1.29, 1.82) is 0 Å². The fraction of sp³-hybridized carbons (Fsp3) is 0.667. The first-order chi connectivity index (χ1) is 12.4. The molecule has 1 atom stereocenters. The zero-order chi connectivity index (χ0) is 19.0. The van der Waals surface area contributed by atoms with Crippen molar-refractivity contribution in [2.24, 2.45) is 4.99 Å². The second-order valence-electron chi connectivity index (χ2n) is 6.88. The van der Waals surface area contributed by atoms with Crippen LogP contribution in [-0.2, 0) is 16.4 Å². The zero-order valence-electron chi connectivity index (χ0n) is 16.0. The molecule has 0 amide bonds. The number of aliphatic imine (C=N–C) groups is 1. The smallest absolute Gasteiger partial charge is 0.191 e. The van der Waals surface area contributed by atoms with E-state index in [0.717, 1.165) is 31.0 Å². The molecule has 1 aliphatic rings. The van der Waals surface area contributed by atoms with Gasteiger partial charge in [0.15, 0.2) is 5.96 Å². The number of aromatic nitrogens is 1. The highest BCUT2D eigenvalue weighted by atomic mass is 32.2. The number of anilines is 1. The second-order valence-corrected chi connectivity index (χ2v) is 9.14. The van der Waals surface area contributed by atoms with Gasteiger partial charge >= 0.3 is 0 Å². The summed E-state index contributed by atoms with van der Waals surface area (Å²) in [4.78, 5) is 11.4. The molecule has 7 nitrogen and oxygen atoms in total. The Hall–Kier alpha value is -1.83. The van der Waals surface area contributed by atoms with Gasteiger partial charge in [0, 0.05) is 38.1 Å². The average Bonchev–Trinajstić information content (AvgIpc) is 3.12. The van der Waals surface area contributed by atoms with Gasteiger partial charge in [-0.1, -0.05) is 6.07 Å². The fourth-order valence-corrected chi connectivity index (χ4v) is 3.61. The van der Waals surface area contributed by atoms with E-state index in [2.05, 4.69) is 37.6 Å². The summed E-state index contributed by atoms with van der Waals surface area (Å²) in [6.45, 7) is 7.42. The van der Waals surface area contributed by atoms with Gasteiger partial charge in [-0.25, -0.2) is 18.4 Å². The standard InChI is InChI=1S/C18H31N5O2S/c1-4-19-18(22-15(2)9-12-26(3,24)25)21-14-16-7-8-17(20-13-16)23-10-5-6-11-23/h7-8,13,15H,4-6,9-12,14H2,1-3H3,(H2,19,21,22). The van der Waals surface area contributed by atoms with Crippen LogP contribution in [0.15, 0.2) is 23.3 Å². The SMILES string of the molecule is CCNC(=NCc1ccc(N2CCCC2)nc1)NC(C)CCS(C)(=O)=O. The van der Waals surface area contributed by atoms with Crippen LogP contribution in [0.2, 0.25) is 0 Å². The van der Waals surface area contributed by atoms with Crippen LogP contribution in [-0.4, -0.2) is 57.0 Å². The highest BCUT2D eigenvalue weighted by Crippen LogP contribution is 2.17. The van der Waals surface area contributed by atoms with E-state index in [1.54, 1.807) is 0 Å². The van der Waals surface area contributed by atoms with Gasteiger partial charge in [0.25, 0.3) is 0 Å². The summed E-state index contributed by atoms with van der Waals surface area (Å²) in [7, 11) is -2.95. The molecule has 146 valence electrons. The van der Waals surface area contributed by atoms with Crippen molar-refractivity contribution in [3.05, 3.63) is 23.9 Å². The molecule has 1 aliphatic heterocycles. The quantitative estimate of drug-likeness (QED) is 0.525. The van der Waals surface area contributed by atoms with Crippen LogP contribution < -0.4 is 15.5 Å². The lowest BCUT2D eigenvalue weighted by atomic mass is 10.2. The molecular weight excluding hydrogens is 350 g/mol. The van der Waals surface area contributed by atoms with E-state index in [1.807, 2.05) is 20.0 Å². The number of sulfone groups is 1. The first-order valence-electron chi connectivity index (χ1n) is 9.30. The molecule has 1 aromatic heterocycles. The number of nitrogens with one attached hydrogen (secondary N) is 2. The predicted molar refractivity (Wildman–Crippen MR) is 107 cm³/mol. The van der Waals surface area contributed by atoms with Crippen molar-refractivity contribution in [3.8, 4) is 0 Å². The molecule has 0 aliphatic carbocycles. The minimum absolute atomic E-state index is 0.0261. The summed E-state index contributed by atoms with van der Waals surface area (Å²) in [5.74, 6) is 1.90. The molecule has 26 heavy (non-hydrogen) atoms. The average molecular weight is 382 g/mol. The molecule has 1 fully saturated rings. The molecule has 0 bridgehead atoms. The van der Waals surface area contributed by atoms with Gasteiger partial charge in [0.1, 0.15) is 15.7 Å². The zero-order valence-corrected chi connectivity index (χ0v) is 16.8. The Labute approximate surface area is 157 Å². The van der Waals surface area contributed by atoms with E-state index in [-0.39, 0.29) is 11.8 Å². The molecule has 0 radical (unpaired) electrons. The van der Waals surface area contributed by atoms with Crippen LogP contribution in [0.3, 0.4) is 0 Å². The molecule has 0 aromatic carbocycles. The van der Waals surface area contributed by atoms with Gasteiger partial charge in [-0.05, 0) is 44.7 Å². The Kier molecular flexibility index (Phi) is 7.68. The van der Waals surface area contributed by atoms with E-state index < -0.39 is 9.84 Å². The van der Waals surface area contributed by atoms with Gasteiger partial charge in [-0.2, -0.15) is 0 Å². The van der Waals surface area contributed by atoms with Crippen molar-refractivity contribution in [2.45, 2.75) is 45.7 Å². The van der Waals surface area contributed by atoms with Crippen LogP contribution in [0.1, 0.15) is 38.7 Å². The number of hydrogen-bond donors (Lipinski definition) is 2. The van der Waals surface area contributed by atoms with Crippen molar-refractivity contribution in [1.82, 2.24) is 15.6 Å². The van der Waals surface area contributed by atoms with Crippen molar-refractivity contribution < 1.29 is 8.42 Å². The maximum absolute atomic E-state index is 11.3. The number of hydrogen-bond acceptors (Lipinski definition) is 5. The molecular formula is C18H31N5O2S. The van der Waals surface area contributed by atoms with E-state index in [9.17, 15) is 8.42 Å². The summed E-state index contributed by atoms with van der Waals surface area (Å²) in [6.07, 6.45) is 6.17. The summed E-state index contributed by atoms with van der Waals surface area (Å²) in [5, 5.41) is 6.46. The van der Waals surface area contributed by atoms with Crippen LogP contribution in [0, 0.1) is 0 Å². The molecule has 1 saturated heterocycles.